The van der Waals surface area contributed by atoms with Crippen molar-refractivity contribution in [2.75, 3.05) is 11.9 Å². The first-order chi connectivity index (χ1) is 7.68. The molecule has 0 aliphatic heterocycles. The van der Waals surface area contributed by atoms with Crippen LogP contribution >= 0.6 is 23.2 Å². The average Bonchev–Trinajstić information content (AvgIpc) is 2.29. The van der Waals surface area contributed by atoms with Gasteiger partial charge >= 0.3 is 0 Å². The number of benzene rings is 1. The maximum atomic E-state index is 6.22. The van der Waals surface area contributed by atoms with Crippen molar-refractivity contribution >= 4 is 28.9 Å². The van der Waals surface area contributed by atoms with Crippen LogP contribution in [0, 0.1) is 0 Å². The molecule has 0 saturated heterocycles. The molecular formula is C13H17Cl2N. The van der Waals surface area contributed by atoms with Crippen molar-refractivity contribution in [3.05, 3.63) is 28.2 Å². The molecule has 0 spiro atoms. The zero-order valence-electron chi connectivity index (χ0n) is 9.55. The summed E-state index contributed by atoms with van der Waals surface area (Å²) in [6.45, 7) is 0. The van der Waals surface area contributed by atoms with Crippen LogP contribution in [0.15, 0.2) is 18.2 Å². The highest BCUT2D eigenvalue weighted by Gasteiger charge is 2.19. The summed E-state index contributed by atoms with van der Waals surface area (Å²) in [5.41, 5.74) is 1.10. The van der Waals surface area contributed by atoms with Gasteiger partial charge in [0.1, 0.15) is 0 Å². The van der Waals surface area contributed by atoms with Crippen LogP contribution < -0.4 is 4.90 Å². The summed E-state index contributed by atoms with van der Waals surface area (Å²) >= 11 is 12.1. The lowest BCUT2D eigenvalue weighted by Crippen LogP contribution is -2.33. The van der Waals surface area contributed by atoms with E-state index >= 15 is 0 Å². The van der Waals surface area contributed by atoms with E-state index in [1.54, 1.807) is 0 Å². The molecule has 3 heteroatoms. The largest absolute Gasteiger partial charge is 0.370 e. The molecule has 1 aliphatic carbocycles. The van der Waals surface area contributed by atoms with Gasteiger partial charge in [-0.15, -0.1) is 0 Å². The maximum absolute atomic E-state index is 6.22. The highest BCUT2D eigenvalue weighted by Crippen LogP contribution is 2.32. The predicted octanol–water partition coefficient (Wildman–Crippen LogP) is 4.76. The Kier molecular flexibility index (Phi) is 3.99. The van der Waals surface area contributed by atoms with Crippen molar-refractivity contribution in [1.29, 1.82) is 0 Å². The molecular weight excluding hydrogens is 241 g/mol. The molecule has 0 heterocycles. The van der Waals surface area contributed by atoms with Crippen molar-refractivity contribution in [3.8, 4) is 0 Å². The summed E-state index contributed by atoms with van der Waals surface area (Å²) in [4.78, 5) is 2.30. The normalized spacial score (nSPS) is 17.4. The minimum absolute atomic E-state index is 0.632. The van der Waals surface area contributed by atoms with Crippen LogP contribution in [0.5, 0.6) is 0 Å². The number of hydrogen-bond acceptors (Lipinski definition) is 1. The summed E-state index contributed by atoms with van der Waals surface area (Å²) in [7, 11) is 2.13. The van der Waals surface area contributed by atoms with Crippen LogP contribution in [0.3, 0.4) is 0 Å². The van der Waals surface area contributed by atoms with Gasteiger partial charge < -0.3 is 4.90 Å². The van der Waals surface area contributed by atoms with E-state index in [9.17, 15) is 0 Å². The van der Waals surface area contributed by atoms with Crippen LogP contribution in [-0.4, -0.2) is 13.1 Å². The van der Waals surface area contributed by atoms with Gasteiger partial charge in [0, 0.05) is 18.1 Å². The molecule has 1 aromatic carbocycles. The highest BCUT2D eigenvalue weighted by atomic mass is 35.5. The number of rotatable bonds is 2. The molecule has 1 aliphatic rings. The van der Waals surface area contributed by atoms with Gasteiger partial charge in [-0.25, -0.2) is 0 Å². The highest BCUT2D eigenvalue weighted by molar-refractivity contribution is 6.36. The number of halogens is 2. The van der Waals surface area contributed by atoms with E-state index in [4.69, 9.17) is 23.2 Å². The summed E-state index contributed by atoms with van der Waals surface area (Å²) in [6, 6.07) is 6.37. The Morgan fingerprint density at radius 3 is 2.44 bits per heavy atom. The average molecular weight is 258 g/mol. The fraction of sp³-hybridized carbons (Fsp3) is 0.538. The Bertz CT molecular complexity index is 359. The van der Waals surface area contributed by atoms with E-state index in [2.05, 4.69) is 11.9 Å². The van der Waals surface area contributed by atoms with Crippen molar-refractivity contribution in [2.24, 2.45) is 0 Å². The maximum Gasteiger partial charge on any atom is 0.0654 e. The Balaban J connectivity index is 2.15. The molecule has 0 unspecified atom stereocenters. The minimum Gasteiger partial charge on any atom is -0.370 e. The van der Waals surface area contributed by atoms with Crippen LogP contribution in [0.1, 0.15) is 32.1 Å². The summed E-state index contributed by atoms with van der Waals surface area (Å²) in [5, 5.41) is 1.45. The molecule has 88 valence electrons. The quantitative estimate of drug-likeness (QED) is 0.739. The van der Waals surface area contributed by atoms with Gasteiger partial charge in [0.25, 0.3) is 0 Å². The van der Waals surface area contributed by atoms with Gasteiger partial charge in [-0.3, -0.25) is 0 Å². The fourth-order valence-corrected chi connectivity index (χ4v) is 2.97. The SMILES string of the molecule is CN(c1ccc(Cl)cc1Cl)C1CCCCC1. The summed E-state index contributed by atoms with van der Waals surface area (Å²) in [6.07, 6.45) is 6.59. The topological polar surface area (TPSA) is 3.24 Å². The van der Waals surface area contributed by atoms with Crippen molar-refractivity contribution in [3.63, 3.8) is 0 Å². The number of nitrogens with zero attached hydrogens (tertiary/aromatic N) is 1. The molecule has 0 N–H and O–H groups in total. The second-order valence-corrected chi connectivity index (χ2v) is 5.34. The molecule has 1 saturated carbocycles. The monoisotopic (exact) mass is 257 g/mol. The number of anilines is 1. The lowest BCUT2D eigenvalue weighted by molar-refractivity contribution is 0.427. The molecule has 0 atom stereocenters. The first kappa shape index (κ1) is 12.1. The zero-order valence-corrected chi connectivity index (χ0v) is 11.1. The van der Waals surface area contributed by atoms with Crippen molar-refractivity contribution in [2.45, 2.75) is 38.1 Å². The molecule has 1 fully saturated rings. The van der Waals surface area contributed by atoms with Crippen LogP contribution in [0.25, 0.3) is 0 Å². The molecule has 0 amide bonds. The molecule has 0 bridgehead atoms. The second-order valence-electron chi connectivity index (χ2n) is 4.50. The third-order valence-electron chi connectivity index (χ3n) is 3.41. The zero-order chi connectivity index (χ0) is 11.5. The summed E-state index contributed by atoms with van der Waals surface area (Å²) < 4.78 is 0. The first-order valence-electron chi connectivity index (χ1n) is 5.86. The lowest BCUT2D eigenvalue weighted by Gasteiger charge is -2.33. The van der Waals surface area contributed by atoms with E-state index in [-0.39, 0.29) is 0 Å². The van der Waals surface area contributed by atoms with Crippen LogP contribution in [0.2, 0.25) is 10.0 Å². The second kappa shape index (κ2) is 5.29. The van der Waals surface area contributed by atoms with Gasteiger partial charge in [0.15, 0.2) is 0 Å². The Hall–Kier alpha value is -0.400. The molecule has 16 heavy (non-hydrogen) atoms. The van der Waals surface area contributed by atoms with Crippen LogP contribution in [-0.2, 0) is 0 Å². The van der Waals surface area contributed by atoms with Crippen molar-refractivity contribution < 1.29 is 0 Å². The number of hydrogen-bond donors (Lipinski definition) is 0. The van der Waals surface area contributed by atoms with E-state index in [1.165, 1.54) is 32.1 Å². The van der Waals surface area contributed by atoms with Gasteiger partial charge in [0.2, 0.25) is 0 Å². The van der Waals surface area contributed by atoms with Crippen LogP contribution in [0.4, 0.5) is 5.69 Å². The predicted molar refractivity (Wildman–Crippen MR) is 71.7 cm³/mol. The molecule has 0 aromatic heterocycles. The Morgan fingerprint density at radius 2 is 1.81 bits per heavy atom. The van der Waals surface area contributed by atoms with Gasteiger partial charge in [-0.05, 0) is 31.0 Å². The third kappa shape index (κ3) is 2.64. The fourth-order valence-electron chi connectivity index (χ4n) is 2.43. The Labute approximate surface area is 107 Å². The third-order valence-corrected chi connectivity index (χ3v) is 3.95. The van der Waals surface area contributed by atoms with E-state index in [1.807, 2.05) is 18.2 Å². The van der Waals surface area contributed by atoms with Gasteiger partial charge in [0.05, 0.1) is 10.7 Å². The smallest absolute Gasteiger partial charge is 0.0654 e. The minimum atomic E-state index is 0.632. The van der Waals surface area contributed by atoms with Gasteiger partial charge in [-0.1, -0.05) is 42.5 Å². The Morgan fingerprint density at radius 1 is 1.12 bits per heavy atom. The summed E-state index contributed by atoms with van der Waals surface area (Å²) in [5.74, 6) is 0. The molecule has 1 aromatic rings. The first-order valence-corrected chi connectivity index (χ1v) is 6.62. The van der Waals surface area contributed by atoms with E-state index in [0.29, 0.717) is 11.1 Å². The standard InChI is InChI=1S/C13H17Cl2N/c1-16(11-5-3-2-4-6-11)13-8-7-10(14)9-12(13)15/h7-9,11H,2-6H2,1H3. The van der Waals surface area contributed by atoms with E-state index in [0.717, 1.165) is 10.7 Å². The molecule has 2 rings (SSSR count). The lowest BCUT2D eigenvalue weighted by atomic mass is 9.94. The van der Waals surface area contributed by atoms with Gasteiger partial charge in [-0.2, -0.15) is 0 Å². The molecule has 0 radical (unpaired) electrons. The molecule has 1 nitrogen and oxygen atoms in total. The van der Waals surface area contributed by atoms with Crippen molar-refractivity contribution in [1.82, 2.24) is 0 Å². The van der Waals surface area contributed by atoms with E-state index < -0.39 is 0 Å².